The SMILES string of the molecule is Cc1cc(C)c(S(=O)(=O)NNC(=O)c2ccccc2O)c(C)c1. The Hall–Kier alpha value is -2.38. The van der Waals surface area contributed by atoms with Gasteiger partial charge in [-0.2, -0.15) is 0 Å². The molecule has 0 aliphatic carbocycles. The van der Waals surface area contributed by atoms with E-state index in [1.807, 2.05) is 6.92 Å². The van der Waals surface area contributed by atoms with Gasteiger partial charge in [0.1, 0.15) is 5.75 Å². The van der Waals surface area contributed by atoms with Crippen molar-refractivity contribution in [3.8, 4) is 5.75 Å². The van der Waals surface area contributed by atoms with Crippen molar-refractivity contribution in [2.24, 2.45) is 0 Å². The first-order valence-corrected chi connectivity index (χ1v) is 8.38. The van der Waals surface area contributed by atoms with E-state index in [0.29, 0.717) is 11.1 Å². The van der Waals surface area contributed by atoms with E-state index in [4.69, 9.17) is 0 Å². The van der Waals surface area contributed by atoms with Crippen LogP contribution in [0.15, 0.2) is 41.3 Å². The summed E-state index contributed by atoms with van der Waals surface area (Å²) in [6.07, 6.45) is 0. The summed E-state index contributed by atoms with van der Waals surface area (Å²) in [5, 5.41) is 9.61. The van der Waals surface area contributed by atoms with Gasteiger partial charge in [-0.25, -0.2) is 8.42 Å². The van der Waals surface area contributed by atoms with E-state index < -0.39 is 15.9 Å². The second-order valence-electron chi connectivity index (χ2n) is 5.30. The number of carbonyl (C=O) groups excluding carboxylic acids is 1. The lowest BCUT2D eigenvalue weighted by Crippen LogP contribution is -2.42. The molecule has 6 nitrogen and oxygen atoms in total. The van der Waals surface area contributed by atoms with Crippen molar-refractivity contribution in [3.63, 3.8) is 0 Å². The standard InChI is InChI=1S/C16H18N2O4S/c1-10-8-11(2)15(12(3)9-10)23(21,22)18-17-16(20)13-6-4-5-7-14(13)19/h4-9,18-19H,1-3H3,(H,17,20). The summed E-state index contributed by atoms with van der Waals surface area (Å²) in [5.41, 5.74) is 4.22. The van der Waals surface area contributed by atoms with E-state index in [1.54, 1.807) is 38.1 Å². The maximum Gasteiger partial charge on any atom is 0.269 e. The Morgan fingerprint density at radius 2 is 1.61 bits per heavy atom. The van der Waals surface area contributed by atoms with Gasteiger partial charge in [-0.05, 0) is 44.0 Å². The van der Waals surface area contributed by atoms with Crippen LogP contribution < -0.4 is 10.3 Å². The highest BCUT2D eigenvalue weighted by Gasteiger charge is 2.21. The monoisotopic (exact) mass is 334 g/mol. The summed E-state index contributed by atoms with van der Waals surface area (Å²) < 4.78 is 24.8. The van der Waals surface area contributed by atoms with Crippen molar-refractivity contribution in [2.45, 2.75) is 25.7 Å². The summed E-state index contributed by atoms with van der Waals surface area (Å²) in [6.45, 7) is 5.27. The molecule has 23 heavy (non-hydrogen) atoms. The number of benzene rings is 2. The average molecular weight is 334 g/mol. The number of hydrogen-bond acceptors (Lipinski definition) is 4. The fraction of sp³-hybridized carbons (Fsp3) is 0.188. The molecule has 2 aromatic rings. The number of sulfonamides is 1. The topological polar surface area (TPSA) is 95.5 Å². The minimum absolute atomic E-state index is 0.0208. The van der Waals surface area contributed by atoms with Gasteiger partial charge >= 0.3 is 0 Å². The predicted molar refractivity (Wildman–Crippen MR) is 86.5 cm³/mol. The summed E-state index contributed by atoms with van der Waals surface area (Å²) >= 11 is 0. The molecule has 0 spiro atoms. The van der Waals surface area contributed by atoms with Crippen molar-refractivity contribution in [1.29, 1.82) is 0 Å². The highest BCUT2D eigenvalue weighted by molar-refractivity contribution is 7.89. The molecule has 0 aromatic heterocycles. The fourth-order valence-electron chi connectivity index (χ4n) is 2.49. The van der Waals surface area contributed by atoms with Crippen LogP contribution >= 0.6 is 0 Å². The molecule has 0 fully saturated rings. The van der Waals surface area contributed by atoms with Gasteiger partial charge in [-0.15, -0.1) is 4.83 Å². The van der Waals surface area contributed by atoms with E-state index in [2.05, 4.69) is 10.3 Å². The van der Waals surface area contributed by atoms with Crippen LogP contribution in [0.3, 0.4) is 0 Å². The normalized spacial score (nSPS) is 11.3. The van der Waals surface area contributed by atoms with Gasteiger partial charge in [0, 0.05) is 0 Å². The molecule has 7 heteroatoms. The Kier molecular flexibility index (Phi) is 4.72. The van der Waals surface area contributed by atoms with Crippen molar-refractivity contribution < 1.29 is 18.3 Å². The first kappa shape index (κ1) is 17.0. The summed E-state index contributed by atoms with van der Waals surface area (Å²) in [6, 6.07) is 9.38. The lowest BCUT2D eigenvalue weighted by Gasteiger charge is -2.14. The first-order chi connectivity index (χ1) is 10.7. The fourth-order valence-corrected chi connectivity index (χ4v) is 3.78. The second kappa shape index (κ2) is 6.39. The van der Waals surface area contributed by atoms with Gasteiger partial charge in [-0.3, -0.25) is 10.2 Å². The quantitative estimate of drug-likeness (QED) is 0.745. The van der Waals surface area contributed by atoms with Crippen LogP contribution in [-0.2, 0) is 10.0 Å². The third kappa shape index (κ3) is 3.69. The molecule has 0 aliphatic heterocycles. The maximum atomic E-state index is 12.4. The molecule has 0 atom stereocenters. The second-order valence-corrected chi connectivity index (χ2v) is 6.92. The third-order valence-corrected chi connectivity index (χ3v) is 4.87. The van der Waals surface area contributed by atoms with Gasteiger partial charge in [0.2, 0.25) is 0 Å². The Labute approximate surface area is 135 Å². The van der Waals surface area contributed by atoms with Gasteiger partial charge in [0.15, 0.2) is 0 Å². The third-order valence-electron chi connectivity index (χ3n) is 3.32. The van der Waals surface area contributed by atoms with Crippen LogP contribution in [0.2, 0.25) is 0 Å². The molecule has 3 N–H and O–H groups in total. The molecule has 0 unspecified atom stereocenters. The Balaban J connectivity index is 2.23. The number of phenols is 1. The summed E-state index contributed by atoms with van der Waals surface area (Å²) in [7, 11) is -3.92. The zero-order valence-corrected chi connectivity index (χ0v) is 13.9. The van der Waals surface area contributed by atoms with Crippen molar-refractivity contribution >= 4 is 15.9 Å². The Morgan fingerprint density at radius 1 is 1.04 bits per heavy atom. The number of aromatic hydroxyl groups is 1. The van der Waals surface area contributed by atoms with E-state index in [9.17, 15) is 18.3 Å². The van der Waals surface area contributed by atoms with Gasteiger partial charge in [0.05, 0.1) is 10.5 Å². The van der Waals surface area contributed by atoms with Crippen LogP contribution in [0.4, 0.5) is 0 Å². The molecule has 1 amide bonds. The van der Waals surface area contributed by atoms with Crippen LogP contribution in [0.25, 0.3) is 0 Å². The van der Waals surface area contributed by atoms with E-state index in [1.165, 1.54) is 12.1 Å². The number of aryl methyl sites for hydroxylation is 3. The van der Waals surface area contributed by atoms with Crippen molar-refractivity contribution in [3.05, 3.63) is 58.7 Å². The molecule has 2 aromatic carbocycles. The minimum atomic E-state index is -3.92. The van der Waals surface area contributed by atoms with E-state index in [0.717, 1.165) is 5.56 Å². The molecule has 0 heterocycles. The number of amides is 1. The molecule has 0 radical (unpaired) electrons. The Morgan fingerprint density at radius 3 is 2.17 bits per heavy atom. The van der Waals surface area contributed by atoms with Crippen molar-refractivity contribution in [2.75, 3.05) is 0 Å². The lowest BCUT2D eigenvalue weighted by atomic mass is 10.1. The number of rotatable bonds is 4. The van der Waals surface area contributed by atoms with E-state index >= 15 is 0 Å². The molecule has 0 bridgehead atoms. The molecule has 2 rings (SSSR count). The zero-order chi connectivity index (χ0) is 17.2. The highest BCUT2D eigenvalue weighted by Crippen LogP contribution is 2.21. The summed E-state index contributed by atoms with van der Waals surface area (Å²) in [5.74, 6) is -0.971. The summed E-state index contributed by atoms with van der Waals surface area (Å²) in [4.78, 5) is 14.2. The van der Waals surface area contributed by atoms with Gasteiger partial charge in [-0.1, -0.05) is 29.8 Å². The largest absolute Gasteiger partial charge is 0.507 e. The van der Waals surface area contributed by atoms with E-state index in [-0.39, 0.29) is 16.2 Å². The molecule has 0 aliphatic rings. The molecule has 0 saturated carbocycles. The average Bonchev–Trinajstić information content (AvgIpc) is 2.44. The minimum Gasteiger partial charge on any atom is -0.507 e. The van der Waals surface area contributed by atoms with Gasteiger partial charge < -0.3 is 5.11 Å². The molecule has 0 saturated heterocycles. The van der Waals surface area contributed by atoms with Crippen LogP contribution in [0.5, 0.6) is 5.75 Å². The molecular formula is C16H18N2O4S. The Bertz CT molecular complexity index is 837. The van der Waals surface area contributed by atoms with Crippen LogP contribution in [0.1, 0.15) is 27.0 Å². The molecular weight excluding hydrogens is 316 g/mol. The number of hydrazine groups is 1. The highest BCUT2D eigenvalue weighted by atomic mass is 32.2. The zero-order valence-electron chi connectivity index (χ0n) is 13.0. The number of para-hydroxylation sites is 1. The van der Waals surface area contributed by atoms with Crippen molar-refractivity contribution in [1.82, 2.24) is 10.3 Å². The van der Waals surface area contributed by atoms with Crippen LogP contribution in [-0.4, -0.2) is 19.4 Å². The number of carbonyl (C=O) groups is 1. The predicted octanol–water partition coefficient (Wildman–Crippen LogP) is 1.94. The number of nitrogens with one attached hydrogen (secondary N) is 2. The maximum absolute atomic E-state index is 12.4. The molecule has 122 valence electrons. The first-order valence-electron chi connectivity index (χ1n) is 6.90. The van der Waals surface area contributed by atoms with Crippen LogP contribution in [0, 0.1) is 20.8 Å². The lowest BCUT2D eigenvalue weighted by molar-refractivity contribution is 0.0942. The number of hydrogen-bond donors (Lipinski definition) is 3. The smallest absolute Gasteiger partial charge is 0.269 e. The van der Waals surface area contributed by atoms with Gasteiger partial charge in [0.25, 0.3) is 15.9 Å². The number of phenolic OH excluding ortho intramolecular Hbond substituents is 1.